The predicted octanol–water partition coefficient (Wildman–Crippen LogP) is 0.00630. The standard InChI is InChI=1S/C9H12O4/c1-9(2)12-7-5(10)3-4-6(11)8(7)13-9/h3-5,7-8,10H,1-2H3. The van der Waals surface area contributed by atoms with Crippen molar-refractivity contribution in [3.05, 3.63) is 12.2 Å². The van der Waals surface area contributed by atoms with Crippen LogP contribution in [0.25, 0.3) is 0 Å². The van der Waals surface area contributed by atoms with Crippen molar-refractivity contribution in [2.45, 2.75) is 37.9 Å². The molecule has 3 atom stereocenters. The highest BCUT2D eigenvalue weighted by Crippen LogP contribution is 2.32. The van der Waals surface area contributed by atoms with E-state index in [-0.39, 0.29) is 5.78 Å². The zero-order valence-corrected chi connectivity index (χ0v) is 7.56. The van der Waals surface area contributed by atoms with Gasteiger partial charge in [-0.3, -0.25) is 4.79 Å². The molecule has 2 rings (SSSR count). The Kier molecular flexibility index (Phi) is 1.80. The molecule has 0 amide bonds. The van der Waals surface area contributed by atoms with Gasteiger partial charge < -0.3 is 14.6 Å². The Morgan fingerprint density at radius 3 is 2.77 bits per heavy atom. The number of carbonyl (C=O) groups is 1. The van der Waals surface area contributed by atoms with Crippen molar-refractivity contribution < 1.29 is 19.4 Å². The van der Waals surface area contributed by atoms with E-state index in [9.17, 15) is 9.90 Å². The molecule has 0 saturated carbocycles. The first-order chi connectivity index (χ1) is 5.99. The molecule has 2 aliphatic rings. The molecule has 0 spiro atoms. The van der Waals surface area contributed by atoms with Crippen molar-refractivity contribution >= 4 is 5.78 Å². The van der Waals surface area contributed by atoms with E-state index in [1.165, 1.54) is 12.2 Å². The van der Waals surface area contributed by atoms with E-state index in [4.69, 9.17) is 9.47 Å². The first kappa shape index (κ1) is 8.87. The number of aliphatic hydroxyl groups excluding tert-OH is 1. The maximum atomic E-state index is 11.3. The average Bonchev–Trinajstić information content (AvgIpc) is 2.35. The zero-order valence-electron chi connectivity index (χ0n) is 7.56. The predicted molar refractivity (Wildman–Crippen MR) is 44.0 cm³/mol. The number of fused-ring (bicyclic) bond motifs is 1. The van der Waals surface area contributed by atoms with Gasteiger partial charge in [0.05, 0.1) is 0 Å². The summed E-state index contributed by atoms with van der Waals surface area (Å²) in [6, 6.07) is 0. The monoisotopic (exact) mass is 184 g/mol. The molecule has 0 bridgehead atoms. The summed E-state index contributed by atoms with van der Waals surface area (Å²) in [6.45, 7) is 3.46. The third-order valence-electron chi connectivity index (χ3n) is 2.20. The Bertz CT molecular complexity index is 269. The number of rotatable bonds is 0. The van der Waals surface area contributed by atoms with Gasteiger partial charge in [-0.1, -0.05) is 0 Å². The molecule has 72 valence electrons. The van der Waals surface area contributed by atoms with E-state index in [0.717, 1.165) is 0 Å². The zero-order chi connectivity index (χ0) is 9.64. The van der Waals surface area contributed by atoms with Crippen molar-refractivity contribution in [3.63, 3.8) is 0 Å². The Morgan fingerprint density at radius 2 is 2.15 bits per heavy atom. The smallest absolute Gasteiger partial charge is 0.187 e. The van der Waals surface area contributed by atoms with Gasteiger partial charge in [-0.15, -0.1) is 0 Å². The first-order valence-electron chi connectivity index (χ1n) is 4.25. The van der Waals surface area contributed by atoms with Gasteiger partial charge in [-0.05, 0) is 26.0 Å². The second kappa shape index (κ2) is 2.64. The fourth-order valence-corrected chi connectivity index (χ4v) is 1.66. The third kappa shape index (κ3) is 1.41. The molecule has 1 saturated heterocycles. The summed E-state index contributed by atoms with van der Waals surface area (Å²) in [5.74, 6) is -0.918. The molecule has 0 aromatic carbocycles. The highest BCUT2D eigenvalue weighted by Gasteiger charge is 2.48. The van der Waals surface area contributed by atoms with Crippen LogP contribution in [-0.4, -0.2) is 35.0 Å². The maximum Gasteiger partial charge on any atom is 0.187 e. The lowest BCUT2D eigenvalue weighted by Gasteiger charge is -2.21. The minimum absolute atomic E-state index is 0.138. The van der Waals surface area contributed by atoms with Crippen molar-refractivity contribution in [1.82, 2.24) is 0 Å². The fraction of sp³-hybridized carbons (Fsp3) is 0.667. The number of ether oxygens (including phenoxy) is 2. The molecule has 0 aromatic rings. The number of aliphatic hydroxyl groups is 1. The summed E-state index contributed by atoms with van der Waals surface area (Å²) < 4.78 is 10.7. The molecule has 1 aliphatic heterocycles. The lowest BCUT2D eigenvalue weighted by molar-refractivity contribution is -0.155. The van der Waals surface area contributed by atoms with Crippen LogP contribution in [0.2, 0.25) is 0 Å². The van der Waals surface area contributed by atoms with Gasteiger partial charge in [-0.2, -0.15) is 0 Å². The van der Waals surface area contributed by atoms with E-state index in [0.29, 0.717) is 0 Å². The number of carbonyl (C=O) groups excluding carboxylic acids is 1. The summed E-state index contributed by atoms with van der Waals surface area (Å²) in [5.41, 5.74) is 0. The molecule has 0 radical (unpaired) electrons. The molecule has 4 nitrogen and oxygen atoms in total. The van der Waals surface area contributed by atoms with Crippen LogP contribution >= 0.6 is 0 Å². The summed E-state index contributed by atoms with van der Waals surface area (Å²) >= 11 is 0. The summed E-state index contributed by atoms with van der Waals surface area (Å²) in [7, 11) is 0. The Hall–Kier alpha value is -0.710. The topological polar surface area (TPSA) is 55.8 Å². The SMILES string of the molecule is CC1(C)OC2C(=O)C=CC(O)C2O1. The number of hydrogen-bond acceptors (Lipinski definition) is 4. The molecule has 1 aliphatic carbocycles. The summed E-state index contributed by atoms with van der Waals surface area (Å²) in [4.78, 5) is 11.3. The maximum absolute atomic E-state index is 11.3. The van der Waals surface area contributed by atoms with Crippen LogP contribution in [0.4, 0.5) is 0 Å². The molecule has 3 unspecified atom stereocenters. The van der Waals surface area contributed by atoms with Crippen LogP contribution in [0.3, 0.4) is 0 Å². The van der Waals surface area contributed by atoms with Crippen LogP contribution < -0.4 is 0 Å². The van der Waals surface area contributed by atoms with Gasteiger partial charge in [-0.25, -0.2) is 0 Å². The highest BCUT2D eigenvalue weighted by molar-refractivity contribution is 5.95. The van der Waals surface area contributed by atoms with Gasteiger partial charge in [0.25, 0.3) is 0 Å². The van der Waals surface area contributed by atoms with E-state index in [2.05, 4.69) is 0 Å². The molecule has 4 heteroatoms. The van der Waals surface area contributed by atoms with Gasteiger partial charge in [0.1, 0.15) is 12.2 Å². The quantitative estimate of drug-likeness (QED) is 0.576. The van der Waals surface area contributed by atoms with E-state index >= 15 is 0 Å². The van der Waals surface area contributed by atoms with E-state index in [1.54, 1.807) is 13.8 Å². The largest absolute Gasteiger partial charge is 0.386 e. The van der Waals surface area contributed by atoms with Crippen molar-refractivity contribution in [1.29, 1.82) is 0 Å². The molecule has 13 heavy (non-hydrogen) atoms. The van der Waals surface area contributed by atoms with Crippen LogP contribution in [0.5, 0.6) is 0 Å². The summed E-state index contributed by atoms with van der Waals surface area (Å²) in [5, 5.41) is 9.49. The fourth-order valence-electron chi connectivity index (χ4n) is 1.66. The van der Waals surface area contributed by atoms with Crippen LogP contribution in [0, 0.1) is 0 Å². The molecule has 1 N–H and O–H groups in total. The van der Waals surface area contributed by atoms with E-state index in [1.807, 2.05) is 0 Å². The van der Waals surface area contributed by atoms with Crippen molar-refractivity contribution in [2.75, 3.05) is 0 Å². The second-order valence-corrected chi connectivity index (χ2v) is 3.77. The lowest BCUT2D eigenvalue weighted by atomic mass is 9.98. The van der Waals surface area contributed by atoms with Crippen molar-refractivity contribution in [2.24, 2.45) is 0 Å². The molecule has 1 fully saturated rings. The molecule has 0 aromatic heterocycles. The van der Waals surface area contributed by atoms with Crippen LogP contribution in [0.15, 0.2) is 12.2 Å². The van der Waals surface area contributed by atoms with Gasteiger partial charge >= 0.3 is 0 Å². The van der Waals surface area contributed by atoms with Gasteiger partial charge in [0.2, 0.25) is 0 Å². The van der Waals surface area contributed by atoms with Gasteiger partial charge in [0, 0.05) is 0 Å². The second-order valence-electron chi connectivity index (χ2n) is 3.77. The third-order valence-corrected chi connectivity index (χ3v) is 2.20. The Morgan fingerprint density at radius 1 is 1.46 bits per heavy atom. The summed E-state index contributed by atoms with van der Waals surface area (Å²) in [6.07, 6.45) is 0.845. The minimum Gasteiger partial charge on any atom is -0.386 e. The molecular formula is C9H12O4. The number of hydrogen-bond donors (Lipinski definition) is 1. The van der Waals surface area contributed by atoms with Gasteiger partial charge in [0.15, 0.2) is 17.7 Å². The van der Waals surface area contributed by atoms with E-state index < -0.39 is 24.1 Å². The minimum atomic E-state index is -0.780. The Balaban J connectivity index is 2.26. The highest BCUT2D eigenvalue weighted by atomic mass is 16.8. The average molecular weight is 184 g/mol. The molecule has 1 heterocycles. The van der Waals surface area contributed by atoms with Crippen LogP contribution in [-0.2, 0) is 14.3 Å². The molecular weight excluding hydrogens is 172 g/mol. The lowest BCUT2D eigenvalue weighted by Crippen LogP contribution is -2.41. The Labute approximate surface area is 76.1 Å². The normalized spacial score (nSPS) is 42.1. The number of ketones is 1. The van der Waals surface area contributed by atoms with Crippen LogP contribution in [0.1, 0.15) is 13.8 Å². The van der Waals surface area contributed by atoms with Crippen molar-refractivity contribution in [3.8, 4) is 0 Å². The first-order valence-corrected chi connectivity index (χ1v) is 4.25.